The summed E-state index contributed by atoms with van der Waals surface area (Å²) in [4.78, 5) is 9.03. The molecule has 0 bridgehead atoms. The van der Waals surface area contributed by atoms with Crippen molar-refractivity contribution in [3.63, 3.8) is 0 Å². The number of benzene rings is 4. The molecule has 0 aliphatic carbocycles. The average molecular weight is 755 g/mol. The third-order valence-corrected chi connectivity index (χ3v) is 10.3. The van der Waals surface area contributed by atoms with E-state index in [9.17, 15) is 0 Å². The standard InChI is InChI=1S/C23H14NS.C14H16NSi.Ir/c1-2-7-16(8-3-1)17-12-13-22-20(15-17)18-9-6-10-19(23(18)25-22)21-11-4-5-14-24-21;1-16(2,3)13-9-10-14(15-11-13)12-7-5-4-6-8-12;/h1-9,11-15H;4-7,9-11H,1-3H3;/q2*-1;. The number of nitrogens with zero attached hydrogens (tertiary/aromatic N) is 2. The van der Waals surface area contributed by atoms with Crippen LogP contribution in [0.4, 0.5) is 0 Å². The van der Waals surface area contributed by atoms with Gasteiger partial charge in [0, 0.05) is 37.2 Å². The zero-order valence-electron chi connectivity index (χ0n) is 23.8. The summed E-state index contributed by atoms with van der Waals surface area (Å²) in [6.07, 6.45) is 3.85. The predicted octanol–water partition coefficient (Wildman–Crippen LogP) is 9.68. The Balaban J connectivity index is 0.000000181. The molecule has 2 nitrogen and oxygen atoms in total. The van der Waals surface area contributed by atoms with Gasteiger partial charge in [0.2, 0.25) is 0 Å². The first kappa shape index (κ1) is 29.7. The SMILES string of the molecule is C[Si](C)(C)c1ccc(-c2[c-]cccc2)nc1.[Ir].[c-]1ccc2c(sc3ccc(-c4ccccc4)cc32)c1-c1ccccn1. The summed E-state index contributed by atoms with van der Waals surface area (Å²) in [5, 5.41) is 3.97. The molecule has 0 unspecified atom stereocenters. The van der Waals surface area contributed by atoms with Gasteiger partial charge in [-0.2, -0.15) is 11.3 Å². The van der Waals surface area contributed by atoms with Crippen LogP contribution in [-0.4, -0.2) is 18.0 Å². The maximum atomic E-state index is 4.52. The van der Waals surface area contributed by atoms with E-state index in [1.165, 1.54) is 36.5 Å². The molecule has 1 radical (unpaired) electrons. The molecule has 209 valence electrons. The summed E-state index contributed by atoms with van der Waals surface area (Å²) in [5.74, 6) is 0. The van der Waals surface area contributed by atoms with E-state index in [2.05, 4.69) is 108 Å². The molecule has 5 heteroatoms. The zero-order valence-corrected chi connectivity index (χ0v) is 28.0. The second kappa shape index (κ2) is 13.1. The van der Waals surface area contributed by atoms with Crippen molar-refractivity contribution >= 4 is 44.8 Å². The number of aromatic nitrogens is 2. The molecule has 0 fully saturated rings. The van der Waals surface area contributed by atoms with E-state index in [0.29, 0.717) is 0 Å². The van der Waals surface area contributed by atoms with Crippen LogP contribution in [0.5, 0.6) is 0 Å². The number of hydrogen-bond donors (Lipinski definition) is 0. The van der Waals surface area contributed by atoms with Crippen LogP contribution < -0.4 is 5.19 Å². The fraction of sp³-hybridized carbons (Fsp3) is 0.0811. The fourth-order valence-corrected chi connectivity index (χ4v) is 7.03. The monoisotopic (exact) mass is 755 g/mol. The second-order valence-corrected chi connectivity index (χ2v) is 17.1. The number of thiophene rings is 1. The van der Waals surface area contributed by atoms with Crippen molar-refractivity contribution in [2.24, 2.45) is 0 Å². The molecule has 0 saturated heterocycles. The first-order chi connectivity index (χ1) is 20.0. The first-order valence-electron chi connectivity index (χ1n) is 13.7. The molecule has 0 atom stereocenters. The molecule has 0 aliphatic rings. The van der Waals surface area contributed by atoms with Gasteiger partial charge in [0.15, 0.2) is 0 Å². The summed E-state index contributed by atoms with van der Waals surface area (Å²) in [7, 11) is -1.23. The predicted molar refractivity (Wildman–Crippen MR) is 178 cm³/mol. The fourth-order valence-electron chi connectivity index (χ4n) is 4.80. The van der Waals surface area contributed by atoms with Crippen molar-refractivity contribution < 1.29 is 20.1 Å². The summed E-state index contributed by atoms with van der Waals surface area (Å²) in [6, 6.07) is 46.3. The van der Waals surface area contributed by atoms with Crippen molar-refractivity contribution in [3.8, 4) is 33.6 Å². The van der Waals surface area contributed by atoms with Crippen LogP contribution in [0.3, 0.4) is 0 Å². The van der Waals surface area contributed by atoms with Gasteiger partial charge in [-0.25, -0.2) is 0 Å². The molecule has 0 spiro atoms. The maximum absolute atomic E-state index is 4.52. The van der Waals surface area contributed by atoms with Gasteiger partial charge in [-0.05, 0) is 56.0 Å². The number of hydrogen-bond acceptors (Lipinski definition) is 3. The summed E-state index contributed by atoms with van der Waals surface area (Å²) in [5.41, 5.74) is 6.62. The van der Waals surface area contributed by atoms with Crippen molar-refractivity contribution in [1.29, 1.82) is 0 Å². The van der Waals surface area contributed by atoms with Crippen molar-refractivity contribution in [1.82, 2.24) is 9.97 Å². The van der Waals surface area contributed by atoms with Crippen LogP contribution >= 0.6 is 11.3 Å². The third kappa shape index (κ3) is 6.51. The smallest absolute Gasteiger partial charge is 0.0795 e. The second-order valence-electron chi connectivity index (χ2n) is 10.9. The van der Waals surface area contributed by atoms with Crippen LogP contribution in [0.2, 0.25) is 19.6 Å². The molecule has 0 saturated carbocycles. The molecule has 0 N–H and O–H groups in total. The molecule has 0 amide bonds. The van der Waals surface area contributed by atoms with Gasteiger partial charge in [0.25, 0.3) is 0 Å². The van der Waals surface area contributed by atoms with Crippen molar-refractivity contribution in [2.45, 2.75) is 19.6 Å². The molecule has 3 heterocycles. The number of pyridine rings is 2. The van der Waals surface area contributed by atoms with Crippen LogP contribution in [0.15, 0.2) is 128 Å². The molecule has 4 aromatic carbocycles. The Labute approximate surface area is 266 Å². The van der Waals surface area contributed by atoms with Crippen LogP contribution in [-0.2, 0) is 20.1 Å². The number of rotatable bonds is 4. The summed E-state index contributed by atoms with van der Waals surface area (Å²) >= 11 is 1.82. The Kier molecular flexibility index (Phi) is 9.25. The Hall–Kier alpha value is -3.73. The maximum Gasteiger partial charge on any atom is 0.0795 e. The van der Waals surface area contributed by atoms with Crippen LogP contribution in [0.25, 0.3) is 53.8 Å². The van der Waals surface area contributed by atoms with Gasteiger partial charge in [0.05, 0.1) is 8.07 Å². The Bertz CT molecular complexity index is 1900. The average Bonchev–Trinajstić information content (AvgIpc) is 3.40. The first-order valence-corrected chi connectivity index (χ1v) is 18.1. The van der Waals surface area contributed by atoms with Gasteiger partial charge in [-0.1, -0.05) is 85.7 Å². The van der Waals surface area contributed by atoms with Gasteiger partial charge >= 0.3 is 0 Å². The summed E-state index contributed by atoms with van der Waals surface area (Å²) < 4.78 is 2.55. The molecule has 0 aliphatic heterocycles. The minimum absolute atomic E-state index is 0. The quantitative estimate of drug-likeness (QED) is 0.132. The van der Waals surface area contributed by atoms with Gasteiger partial charge in [-0.3, -0.25) is 0 Å². The summed E-state index contributed by atoms with van der Waals surface area (Å²) in [6.45, 7) is 7.00. The van der Waals surface area contributed by atoms with Crippen molar-refractivity contribution in [2.75, 3.05) is 0 Å². The van der Waals surface area contributed by atoms with Gasteiger partial charge in [0.1, 0.15) is 0 Å². The Morgan fingerprint density at radius 3 is 2.14 bits per heavy atom. The Morgan fingerprint density at radius 1 is 0.643 bits per heavy atom. The minimum atomic E-state index is -1.23. The van der Waals surface area contributed by atoms with E-state index in [4.69, 9.17) is 0 Å². The van der Waals surface area contributed by atoms with E-state index < -0.39 is 8.07 Å². The largest absolute Gasteiger partial charge is 0.305 e. The van der Waals surface area contributed by atoms with E-state index in [0.717, 1.165) is 22.5 Å². The minimum Gasteiger partial charge on any atom is -0.305 e. The molecule has 7 rings (SSSR count). The molecule has 3 aromatic heterocycles. The zero-order chi connectivity index (χ0) is 28.2. The topological polar surface area (TPSA) is 25.8 Å². The van der Waals surface area contributed by atoms with Crippen molar-refractivity contribution in [3.05, 3.63) is 140 Å². The van der Waals surface area contributed by atoms with Gasteiger partial charge in [-0.15, -0.1) is 59.7 Å². The third-order valence-electron chi connectivity index (χ3n) is 7.07. The van der Waals surface area contributed by atoms with Gasteiger partial charge < -0.3 is 9.97 Å². The van der Waals surface area contributed by atoms with E-state index >= 15 is 0 Å². The number of fused-ring (bicyclic) bond motifs is 3. The molecular formula is C37H30IrN2SSi-2. The van der Waals surface area contributed by atoms with E-state index in [-0.39, 0.29) is 20.1 Å². The van der Waals surface area contributed by atoms with Crippen LogP contribution in [0, 0.1) is 12.1 Å². The molecule has 7 aromatic rings. The Morgan fingerprint density at radius 2 is 1.45 bits per heavy atom. The normalized spacial score (nSPS) is 11.0. The van der Waals surface area contributed by atoms with E-state index in [1.807, 2.05) is 72.3 Å². The van der Waals surface area contributed by atoms with Crippen LogP contribution in [0.1, 0.15) is 0 Å². The van der Waals surface area contributed by atoms with E-state index in [1.54, 1.807) is 0 Å². The molecule has 42 heavy (non-hydrogen) atoms. The molecular weight excluding hydrogens is 725 g/mol.